The van der Waals surface area contributed by atoms with Gasteiger partial charge in [0.15, 0.2) is 0 Å². The van der Waals surface area contributed by atoms with Gasteiger partial charge in [-0.3, -0.25) is 4.79 Å². The van der Waals surface area contributed by atoms with Crippen molar-refractivity contribution in [3.63, 3.8) is 0 Å². The quantitative estimate of drug-likeness (QED) is 0.777. The van der Waals surface area contributed by atoms with E-state index in [4.69, 9.17) is 0 Å². The summed E-state index contributed by atoms with van der Waals surface area (Å²) < 4.78 is 0. The third-order valence-electron chi connectivity index (χ3n) is 1.82. The lowest BCUT2D eigenvalue weighted by Crippen LogP contribution is -2.27. The van der Waals surface area contributed by atoms with Crippen LogP contribution in [0.25, 0.3) is 0 Å². The van der Waals surface area contributed by atoms with E-state index in [0.29, 0.717) is 5.57 Å². The molecule has 76 valence electrons. The summed E-state index contributed by atoms with van der Waals surface area (Å²) in [5.41, 5.74) is 1.42. The van der Waals surface area contributed by atoms with E-state index in [1.807, 2.05) is 19.2 Å². The molecule has 1 heterocycles. The van der Waals surface area contributed by atoms with Crippen molar-refractivity contribution in [3.8, 4) is 0 Å². The summed E-state index contributed by atoms with van der Waals surface area (Å²) in [7, 11) is 0. The Morgan fingerprint density at radius 3 is 2.79 bits per heavy atom. The summed E-state index contributed by atoms with van der Waals surface area (Å²) in [5.74, 6) is -0.122. The first-order chi connectivity index (χ1) is 6.50. The highest BCUT2D eigenvalue weighted by Crippen LogP contribution is 2.15. The first-order valence-electron chi connectivity index (χ1n) is 4.39. The molecule has 3 nitrogen and oxygen atoms in total. The maximum Gasteiger partial charge on any atom is 0.246 e. The number of carbonyl (C=O) groups is 1. The zero-order chi connectivity index (χ0) is 10.7. The van der Waals surface area contributed by atoms with Gasteiger partial charge < -0.3 is 5.32 Å². The van der Waals surface area contributed by atoms with Gasteiger partial charge in [-0.25, -0.2) is 4.98 Å². The fourth-order valence-corrected chi connectivity index (χ4v) is 1.68. The van der Waals surface area contributed by atoms with Gasteiger partial charge in [0.1, 0.15) is 0 Å². The SMILES string of the molecule is C=C(C)C(=O)NC(C)c1csc(C)n1. The second kappa shape index (κ2) is 4.37. The lowest BCUT2D eigenvalue weighted by molar-refractivity contribution is -0.118. The van der Waals surface area contributed by atoms with E-state index >= 15 is 0 Å². The fraction of sp³-hybridized carbons (Fsp3) is 0.400. The van der Waals surface area contributed by atoms with Crippen LogP contribution in [0.5, 0.6) is 0 Å². The van der Waals surface area contributed by atoms with Gasteiger partial charge in [-0.05, 0) is 20.8 Å². The van der Waals surface area contributed by atoms with Crippen molar-refractivity contribution < 1.29 is 4.79 Å². The van der Waals surface area contributed by atoms with Crippen molar-refractivity contribution in [2.75, 3.05) is 0 Å². The van der Waals surface area contributed by atoms with Gasteiger partial charge in [0.05, 0.1) is 16.7 Å². The minimum atomic E-state index is -0.122. The first kappa shape index (κ1) is 10.9. The summed E-state index contributed by atoms with van der Waals surface area (Å²) in [5, 5.41) is 5.78. The molecule has 0 aliphatic heterocycles. The van der Waals surface area contributed by atoms with Crippen LogP contribution in [0.3, 0.4) is 0 Å². The minimum absolute atomic E-state index is 0.0517. The average molecular weight is 210 g/mol. The molecule has 1 aromatic heterocycles. The Hall–Kier alpha value is -1.16. The minimum Gasteiger partial charge on any atom is -0.344 e. The van der Waals surface area contributed by atoms with Crippen molar-refractivity contribution in [1.29, 1.82) is 0 Å². The van der Waals surface area contributed by atoms with Crippen LogP contribution in [0, 0.1) is 6.92 Å². The van der Waals surface area contributed by atoms with Crippen LogP contribution in [0.2, 0.25) is 0 Å². The fourth-order valence-electron chi connectivity index (χ4n) is 0.973. The monoisotopic (exact) mass is 210 g/mol. The van der Waals surface area contributed by atoms with Crippen LogP contribution in [0.1, 0.15) is 30.6 Å². The molecular weight excluding hydrogens is 196 g/mol. The van der Waals surface area contributed by atoms with Crippen molar-refractivity contribution in [1.82, 2.24) is 10.3 Å². The summed E-state index contributed by atoms with van der Waals surface area (Å²) in [6.07, 6.45) is 0. The van der Waals surface area contributed by atoms with Crippen LogP contribution >= 0.6 is 11.3 Å². The number of nitrogens with one attached hydrogen (secondary N) is 1. The van der Waals surface area contributed by atoms with Crippen LogP contribution in [0.4, 0.5) is 0 Å². The largest absolute Gasteiger partial charge is 0.344 e. The molecule has 0 bridgehead atoms. The Kier molecular flexibility index (Phi) is 3.41. The third kappa shape index (κ3) is 2.67. The van der Waals surface area contributed by atoms with E-state index in [-0.39, 0.29) is 11.9 Å². The molecule has 4 heteroatoms. The molecule has 1 rings (SSSR count). The Morgan fingerprint density at radius 1 is 1.71 bits per heavy atom. The molecule has 1 N–H and O–H groups in total. The summed E-state index contributed by atoms with van der Waals surface area (Å²) in [6, 6.07) is -0.0517. The molecule has 1 atom stereocenters. The molecular formula is C10H14N2OS. The summed E-state index contributed by atoms with van der Waals surface area (Å²) >= 11 is 1.58. The lowest BCUT2D eigenvalue weighted by Gasteiger charge is -2.10. The van der Waals surface area contributed by atoms with E-state index in [0.717, 1.165) is 10.7 Å². The van der Waals surface area contributed by atoms with Crippen molar-refractivity contribution in [2.45, 2.75) is 26.8 Å². The Balaban J connectivity index is 2.63. The Bertz CT molecular complexity index is 357. The summed E-state index contributed by atoms with van der Waals surface area (Å²) in [6.45, 7) is 9.12. The van der Waals surface area contributed by atoms with E-state index in [9.17, 15) is 4.79 Å². The van der Waals surface area contributed by atoms with Crippen LogP contribution in [-0.2, 0) is 4.79 Å². The molecule has 0 spiro atoms. The van der Waals surface area contributed by atoms with Crippen molar-refractivity contribution >= 4 is 17.2 Å². The maximum absolute atomic E-state index is 11.3. The van der Waals surface area contributed by atoms with Gasteiger partial charge in [0.25, 0.3) is 0 Å². The van der Waals surface area contributed by atoms with E-state index in [1.54, 1.807) is 18.3 Å². The average Bonchev–Trinajstić information content (AvgIpc) is 2.51. The van der Waals surface area contributed by atoms with Gasteiger partial charge in [-0.15, -0.1) is 11.3 Å². The zero-order valence-electron chi connectivity index (χ0n) is 8.63. The zero-order valence-corrected chi connectivity index (χ0v) is 9.44. The second-order valence-corrected chi connectivity index (χ2v) is 4.33. The molecule has 0 fully saturated rings. The van der Waals surface area contributed by atoms with E-state index < -0.39 is 0 Å². The van der Waals surface area contributed by atoms with Gasteiger partial charge in [-0.2, -0.15) is 0 Å². The normalized spacial score (nSPS) is 12.2. The topological polar surface area (TPSA) is 42.0 Å². The molecule has 0 aromatic carbocycles. The number of aromatic nitrogens is 1. The van der Waals surface area contributed by atoms with Crippen LogP contribution in [0.15, 0.2) is 17.5 Å². The van der Waals surface area contributed by atoms with Crippen molar-refractivity contribution in [2.24, 2.45) is 0 Å². The molecule has 0 saturated heterocycles. The van der Waals surface area contributed by atoms with Gasteiger partial charge >= 0.3 is 0 Å². The number of thiazole rings is 1. The van der Waals surface area contributed by atoms with Gasteiger partial charge in [0.2, 0.25) is 5.91 Å². The number of amides is 1. The molecule has 1 amide bonds. The van der Waals surface area contributed by atoms with E-state index in [2.05, 4.69) is 16.9 Å². The molecule has 0 aliphatic carbocycles. The number of aryl methyl sites for hydroxylation is 1. The Morgan fingerprint density at radius 2 is 2.36 bits per heavy atom. The number of rotatable bonds is 3. The van der Waals surface area contributed by atoms with Crippen molar-refractivity contribution in [3.05, 3.63) is 28.2 Å². The highest BCUT2D eigenvalue weighted by Gasteiger charge is 2.11. The van der Waals surface area contributed by atoms with Gasteiger partial charge in [0, 0.05) is 11.0 Å². The van der Waals surface area contributed by atoms with Crippen LogP contribution < -0.4 is 5.32 Å². The third-order valence-corrected chi connectivity index (χ3v) is 2.61. The number of nitrogens with zero attached hydrogens (tertiary/aromatic N) is 1. The predicted octanol–water partition coefficient (Wildman–Crippen LogP) is 2.20. The predicted molar refractivity (Wildman–Crippen MR) is 58.2 cm³/mol. The molecule has 1 aromatic rings. The number of hydrogen-bond donors (Lipinski definition) is 1. The van der Waals surface area contributed by atoms with E-state index in [1.165, 1.54) is 0 Å². The number of hydrogen-bond acceptors (Lipinski definition) is 3. The Labute approximate surface area is 87.9 Å². The maximum atomic E-state index is 11.3. The summed E-state index contributed by atoms with van der Waals surface area (Å²) in [4.78, 5) is 15.6. The van der Waals surface area contributed by atoms with Gasteiger partial charge in [-0.1, -0.05) is 6.58 Å². The first-order valence-corrected chi connectivity index (χ1v) is 5.27. The smallest absolute Gasteiger partial charge is 0.246 e. The molecule has 14 heavy (non-hydrogen) atoms. The second-order valence-electron chi connectivity index (χ2n) is 3.27. The molecule has 0 aliphatic rings. The standard InChI is InChI=1S/C10H14N2OS/c1-6(2)10(13)11-7(3)9-5-14-8(4)12-9/h5,7H,1H2,2-4H3,(H,11,13). The van der Waals surface area contributed by atoms with Crippen LogP contribution in [-0.4, -0.2) is 10.9 Å². The molecule has 0 radical (unpaired) electrons. The number of carbonyl (C=O) groups excluding carboxylic acids is 1. The molecule has 0 saturated carbocycles. The highest BCUT2D eigenvalue weighted by atomic mass is 32.1. The molecule has 1 unspecified atom stereocenters. The highest BCUT2D eigenvalue weighted by molar-refractivity contribution is 7.09. The lowest BCUT2D eigenvalue weighted by atomic mass is 10.2.